The van der Waals surface area contributed by atoms with E-state index in [-0.39, 0.29) is 11.9 Å². The first-order valence-corrected chi connectivity index (χ1v) is 4.90. The number of hydrogen-bond acceptors (Lipinski definition) is 1. The maximum Gasteiger partial charge on any atom is 0.404 e. The quantitative estimate of drug-likeness (QED) is 0.776. The summed E-state index contributed by atoms with van der Waals surface area (Å²) in [6.45, 7) is 0. The van der Waals surface area contributed by atoms with Crippen LogP contribution in [-0.4, -0.2) is 17.2 Å². The molecule has 80 valence electrons. The highest BCUT2D eigenvalue weighted by atomic mass is 35.5. The van der Waals surface area contributed by atoms with E-state index < -0.39 is 6.09 Å². The molecule has 1 aliphatic rings. The van der Waals surface area contributed by atoms with Gasteiger partial charge in [0.15, 0.2) is 0 Å². The molecule has 2 rings (SSSR count). The summed E-state index contributed by atoms with van der Waals surface area (Å²) >= 11 is 5.71. The highest BCUT2D eigenvalue weighted by Crippen LogP contribution is 2.28. The number of carboxylic acid groups (broad SMARTS) is 1. The van der Waals surface area contributed by atoms with E-state index in [1.807, 2.05) is 0 Å². The van der Waals surface area contributed by atoms with Crippen molar-refractivity contribution in [1.29, 1.82) is 0 Å². The fourth-order valence-electron chi connectivity index (χ4n) is 1.93. The van der Waals surface area contributed by atoms with Crippen molar-refractivity contribution in [1.82, 2.24) is 5.32 Å². The van der Waals surface area contributed by atoms with Gasteiger partial charge in [0.25, 0.3) is 0 Å². The van der Waals surface area contributed by atoms with Crippen LogP contribution in [0.4, 0.5) is 9.18 Å². The Kier molecular flexibility index (Phi) is 2.52. The molecule has 0 aliphatic heterocycles. The standard InChI is InChI=1S/C10H9ClFNO2/c11-6-1-5-2-7(13-10(14)15)4-8(5)9(12)3-6/h1,3,7,13H,2,4H2,(H,14,15). The van der Waals surface area contributed by atoms with Crippen molar-refractivity contribution in [2.45, 2.75) is 18.9 Å². The predicted molar refractivity (Wildman–Crippen MR) is 53.8 cm³/mol. The van der Waals surface area contributed by atoms with Crippen LogP contribution in [0.15, 0.2) is 12.1 Å². The molecule has 0 bridgehead atoms. The van der Waals surface area contributed by atoms with E-state index in [0.717, 1.165) is 5.56 Å². The molecule has 15 heavy (non-hydrogen) atoms. The third-order valence-electron chi connectivity index (χ3n) is 2.50. The molecule has 0 saturated heterocycles. The number of benzene rings is 1. The van der Waals surface area contributed by atoms with Crippen LogP contribution in [0.1, 0.15) is 11.1 Å². The molecule has 0 spiro atoms. The molecule has 1 aromatic rings. The fraction of sp³-hybridized carbons (Fsp3) is 0.300. The highest BCUT2D eigenvalue weighted by molar-refractivity contribution is 6.30. The molecule has 1 amide bonds. The summed E-state index contributed by atoms with van der Waals surface area (Å²) in [5.74, 6) is -0.354. The second kappa shape index (κ2) is 3.70. The maximum atomic E-state index is 13.4. The van der Waals surface area contributed by atoms with Crippen LogP contribution < -0.4 is 5.32 Å². The van der Waals surface area contributed by atoms with Crippen LogP contribution in [0, 0.1) is 5.82 Å². The summed E-state index contributed by atoms with van der Waals surface area (Å²) in [5.41, 5.74) is 1.36. The van der Waals surface area contributed by atoms with Gasteiger partial charge in [-0.25, -0.2) is 9.18 Å². The first-order valence-electron chi connectivity index (χ1n) is 4.52. The zero-order valence-electron chi connectivity index (χ0n) is 7.76. The third kappa shape index (κ3) is 2.04. The van der Waals surface area contributed by atoms with Gasteiger partial charge in [-0.3, -0.25) is 0 Å². The highest BCUT2D eigenvalue weighted by Gasteiger charge is 2.25. The largest absolute Gasteiger partial charge is 0.465 e. The SMILES string of the molecule is O=C(O)NC1Cc2cc(Cl)cc(F)c2C1. The number of hydrogen-bond donors (Lipinski definition) is 2. The zero-order chi connectivity index (χ0) is 11.0. The number of rotatable bonds is 1. The van der Waals surface area contributed by atoms with E-state index in [4.69, 9.17) is 16.7 Å². The number of halogens is 2. The average Bonchev–Trinajstić information content (AvgIpc) is 2.45. The summed E-state index contributed by atoms with van der Waals surface area (Å²) in [6.07, 6.45) is -0.191. The average molecular weight is 230 g/mol. The molecule has 5 heteroatoms. The second-order valence-electron chi connectivity index (χ2n) is 3.58. The van der Waals surface area contributed by atoms with Crippen molar-refractivity contribution in [3.8, 4) is 0 Å². The lowest BCUT2D eigenvalue weighted by atomic mass is 10.1. The van der Waals surface area contributed by atoms with Crippen molar-refractivity contribution in [3.63, 3.8) is 0 Å². The molecule has 0 fully saturated rings. The minimum Gasteiger partial charge on any atom is -0.465 e. The van der Waals surface area contributed by atoms with Crippen LogP contribution in [0.5, 0.6) is 0 Å². The van der Waals surface area contributed by atoms with E-state index in [9.17, 15) is 9.18 Å². The smallest absolute Gasteiger partial charge is 0.404 e. The molecule has 0 saturated carbocycles. The Bertz CT molecular complexity index is 422. The Balaban J connectivity index is 2.23. The summed E-state index contributed by atoms with van der Waals surface area (Å²) in [7, 11) is 0. The van der Waals surface area contributed by atoms with Gasteiger partial charge in [0.05, 0.1) is 0 Å². The van der Waals surface area contributed by atoms with Gasteiger partial charge in [-0.2, -0.15) is 0 Å². The minimum absolute atomic E-state index is 0.245. The van der Waals surface area contributed by atoms with E-state index in [1.54, 1.807) is 6.07 Å². The van der Waals surface area contributed by atoms with Gasteiger partial charge in [0.1, 0.15) is 5.82 Å². The molecular weight excluding hydrogens is 221 g/mol. The van der Waals surface area contributed by atoms with E-state index in [2.05, 4.69) is 5.32 Å². The summed E-state index contributed by atoms with van der Waals surface area (Å²) in [5, 5.41) is 11.2. The van der Waals surface area contributed by atoms with E-state index >= 15 is 0 Å². The summed E-state index contributed by atoms with van der Waals surface area (Å²) < 4.78 is 13.4. The van der Waals surface area contributed by atoms with Gasteiger partial charge in [-0.1, -0.05) is 11.6 Å². The van der Waals surface area contributed by atoms with Crippen molar-refractivity contribution in [3.05, 3.63) is 34.1 Å². The van der Waals surface area contributed by atoms with Crippen LogP contribution in [0.25, 0.3) is 0 Å². The molecule has 1 unspecified atom stereocenters. The number of carbonyl (C=O) groups is 1. The third-order valence-corrected chi connectivity index (χ3v) is 2.72. The normalized spacial score (nSPS) is 18.7. The Labute approximate surface area is 90.9 Å². The summed E-state index contributed by atoms with van der Waals surface area (Å²) in [4.78, 5) is 10.4. The van der Waals surface area contributed by atoms with Gasteiger partial charge in [-0.05, 0) is 36.1 Å². The minimum atomic E-state index is -1.08. The van der Waals surface area contributed by atoms with Crippen LogP contribution in [0.2, 0.25) is 5.02 Å². The molecule has 1 aromatic carbocycles. The lowest BCUT2D eigenvalue weighted by Crippen LogP contribution is -2.33. The van der Waals surface area contributed by atoms with Gasteiger partial charge in [0.2, 0.25) is 0 Å². The van der Waals surface area contributed by atoms with E-state index in [1.165, 1.54) is 6.07 Å². The summed E-state index contributed by atoms with van der Waals surface area (Å²) in [6, 6.07) is 2.69. The van der Waals surface area contributed by atoms with Gasteiger partial charge < -0.3 is 10.4 Å². The lowest BCUT2D eigenvalue weighted by molar-refractivity contribution is 0.190. The monoisotopic (exact) mass is 229 g/mol. The number of nitrogens with one attached hydrogen (secondary N) is 1. The molecule has 1 aliphatic carbocycles. The number of fused-ring (bicyclic) bond motifs is 1. The Morgan fingerprint density at radius 1 is 1.53 bits per heavy atom. The van der Waals surface area contributed by atoms with Gasteiger partial charge in [-0.15, -0.1) is 0 Å². The lowest BCUT2D eigenvalue weighted by Gasteiger charge is -2.07. The fourth-order valence-corrected chi connectivity index (χ4v) is 2.16. The topological polar surface area (TPSA) is 49.3 Å². The van der Waals surface area contributed by atoms with Crippen LogP contribution in [0.3, 0.4) is 0 Å². The zero-order valence-corrected chi connectivity index (χ0v) is 8.51. The van der Waals surface area contributed by atoms with Gasteiger partial charge >= 0.3 is 6.09 Å². The molecule has 2 N–H and O–H groups in total. The first kappa shape index (κ1) is 10.2. The predicted octanol–water partition coefficient (Wildman–Crippen LogP) is 2.21. The molecule has 3 nitrogen and oxygen atoms in total. The van der Waals surface area contributed by atoms with E-state index in [0.29, 0.717) is 23.4 Å². The maximum absolute atomic E-state index is 13.4. The Hall–Kier alpha value is -1.29. The van der Waals surface area contributed by atoms with Crippen molar-refractivity contribution >= 4 is 17.7 Å². The van der Waals surface area contributed by atoms with Crippen LogP contribution in [-0.2, 0) is 12.8 Å². The van der Waals surface area contributed by atoms with Crippen molar-refractivity contribution in [2.75, 3.05) is 0 Å². The number of amides is 1. The van der Waals surface area contributed by atoms with Gasteiger partial charge in [0, 0.05) is 11.1 Å². The first-order chi connectivity index (χ1) is 7.06. The molecule has 0 heterocycles. The Morgan fingerprint density at radius 3 is 2.93 bits per heavy atom. The van der Waals surface area contributed by atoms with Crippen molar-refractivity contribution < 1.29 is 14.3 Å². The second-order valence-corrected chi connectivity index (χ2v) is 4.02. The van der Waals surface area contributed by atoms with Crippen LogP contribution >= 0.6 is 11.6 Å². The van der Waals surface area contributed by atoms with Crippen molar-refractivity contribution in [2.24, 2.45) is 0 Å². The molecule has 0 radical (unpaired) electrons. The molecule has 1 atom stereocenters. The molecule has 0 aromatic heterocycles. The Morgan fingerprint density at radius 2 is 2.27 bits per heavy atom. The molecular formula is C10H9ClFNO2.